The first-order chi connectivity index (χ1) is 11.2. The van der Waals surface area contributed by atoms with Crippen molar-refractivity contribution in [2.75, 3.05) is 18.4 Å². The molecule has 0 radical (unpaired) electrons. The first-order valence-corrected chi connectivity index (χ1v) is 8.46. The van der Waals surface area contributed by atoms with Crippen molar-refractivity contribution in [3.8, 4) is 0 Å². The molecule has 0 aliphatic carbocycles. The lowest BCUT2D eigenvalue weighted by molar-refractivity contribution is 0.102. The Kier molecular flexibility index (Phi) is 5.09. The molecule has 1 aliphatic heterocycles. The predicted molar refractivity (Wildman–Crippen MR) is 94.7 cm³/mol. The summed E-state index contributed by atoms with van der Waals surface area (Å²) in [4.78, 5) is 14.7. The Morgan fingerprint density at radius 1 is 0.957 bits per heavy atom. The monoisotopic (exact) mass is 308 g/mol. The van der Waals surface area contributed by atoms with Gasteiger partial charge in [0, 0.05) is 17.8 Å². The summed E-state index contributed by atoms with van der Waals surface area (Å²) in [5.74, 6) is -0.0556. The molecule has 1 amide bonds. The molecule has 0 saturated carbocycles. The van der Waals surface area contributed by atoms with Crippen LogP contribution < -0.4 is 5.32 Å². The SMILES string of the molecule is CCc1ccc(C(=O)Nc2ccc(CN3CCCC3)cc2)cc1. The normalized spacial score (nSPS) is 14.8. The summed E-state index contributed by atoms with van der Waals surface area (Å²) in [5.41, 5.74) is 4.09. The molecule has 0 bridgehead atoms. The average molecular weight is 308 g/mol. The second-order valence-electron chi connectivity index (χ2n) is 6.18. The van der Waals surface area contributed by atoms with Crippen molar-refractivity contribution in [1.82, 2.24) is 4.90 Å². The summed E-state index contributed by atoms with van der Waals surface area (Å²) in [5, 5.41) is 2.96. The largest absolute Gasteiger partial charge is 0.322 e. The van der Waals surface area contributed by atoms with Crippen molar-refractivity contribution >= 4 is 11.6 Å². The summed E-state index contributed by atoms with van der Waals surface area (Å²) in [7, 11) is 0. The number of carbonyl (C=O) groups excluding carboxylic acids is 1. The Bertz CT molecular complexity index is 640. The number of amides is 1. The van der Waals surface area contributed by atoms with E-state index < -0.39 is 0 Å². The fourth-order valence-corrected chi connectivity index (χ4v) is 2.99. The molecule has 2 aromatic carbocycles. The second kappa shape index (κ2) is 7.42. The van der Waals surface area contributed by atoms with Gasteiger partial charge in [0.25, 0.3) is 5.91 Å². The van der Waals surface area contributed by atoms with Gasteiger partial charge in [0.05, 0.1) is 0 Å². The molecule has 3 nitrogen and oxygen atoms in total. The van der Waals surface area contributed by atoms with Gasteiger partial charge in [0.1, 0.15) is 0 Å². The molecule has 1 heterocycles. The predicted octanol–water partition coefficient (Wildman–Crippen LogP) is 4.10. The molecule has 120 valence electrons. The molecule has 2 aromatic rings. The summed E-state index contributed by atoms with van der Waals surface area (Å²) in [6.07, 6.45) is 3.61. The van der Waals surface area contributed by atoms with Crippen molar-refractivity contribution in [2.24, 2.45) is 0 Å². The van der Waals surface area contributed by atoms with Gasteiger partial charge in [-0.2, -0.15) is 0 Å². The zero-order valence-electron chi connectivity index (χ0n) is 13.7. The van der Waals surface area contributed by atoms with Crippen molar-refractivity contribution in [1.29, 1.82) is 0 Å². The van der Waals surface area contributed by atoms with Crippen molar-refractivity contribution < 1.29 is 4.79 Å². The minimum absolute atomic E-state index is 0.0556. The van der Waals surface area contributed by atoms with Crippen LogP contribution in [0.1, 0.15) is 41.3 Å². The highest BCUT2D eigenvalue weighted by Crippen LogP contribution is 2.16. The van der Waals surface area contributed by atoms with E-state index in [-0.39, 0.29) is 5.91 Å². The minimum atomic E-state index is -0.0556. The topological polar surface area (TPSA) is 32.3 Å². The molecular weight excluding hydrogens is 284 g/mol. The maximum absolute atomic E-state index is 12.3. The van der Waals surface area contributed by atoms with Gasteiger partial charge in [-0.3, -0.25) is 9.69 Å². The third-order valence-electron chi connectivity index (χ3n) is 4.44. The van der Waals surface area contributed by atoms with Gasteiger partial charge in [0.15, 0.2) is 0 Å². The van der Waals surface area contributed by atoms with Gasteiger partial charge in [-0.05, 0) is 67.7 Å². The van der Waals surface area contributed by atoms with E-state index in [0.29, 0.717) is 5.56 Å². The van der Waals surface area contributed by atoms with E-state index in [1.165, 1.54) is 37.1 Å². The van der Waals surface area contributed by atoms with E-state index in [4.69, 9.17) is 0 Å². The van der Waals surface area contributed by atoms with Crippen LogP contribution in [0, 0.1) is 0 Å². The second-order valence-corrected chi connectivity index (χ2v) is 6.18. The van der Waals surface area contributed by atoms with Crippen molar-refractivity contribution in [2.45, 2.75) is 32.7 Å². The number of anilines is 1. The first-order valence-electron chi connectivity index (χ1n) is 8.46. The van der Waals surface area contributed by atoms with Crippen LogP contribution in [-0.4, -0.2) is 23.9 Å². The number of nitrogens with zero attached hydrogens (tertiary/aromatic N) is 1. The van der Waals surface area contributed by atoms with Crippen molar-refractivity contribution in [3.05, 3.63) is 65.2 Å². The van der Waals surface area contributed by atoms with E-state index in [9.17, 15) is 4.79 Å². The quantitative estimate of drug-likeness (QED) is 0.902. The van der Waals surface area contributed by atoms with Crippen LogP contribution in [-0.2, 0) is 13.0 Å². The summed E-state index contributed by atoms with van der Waals surface area (Å²) in [6, 6.07) is 16.0. The van der Waals surface area contributed by atoms with E-state index >= 15 is 0 Å². The fraction of sp³-hybridized carbons (Fsp3) is 0.350. The van der Waals surface area contributed by atoms with Crippen LogP contribution in [0.25, 0.3) is 0 Å². The van der Waals surface area contributed by atoms with Crippen LogP contribution in [0.5, 0.6) is 0 Å². The smallest absolute Gasteiger partial charge is 0.255 e. The number of benzene rings is 2. The number of hydrogen-bond donors (Lipinski definition) is 1. The van der Waals surface area contributed by atoms with Gasteiger partial charge in [0.2, 0.25) is 0 Å². The number of hydrogen-bond acceptors (Lipinski definition) is 2. The first kappa shape index (κ1) is 15.8. The van der Waals surface area contributed by atoms with E-state index in [1.54, 1.807) is 0 Å². The third-order valence-corrected chi connectivity index (χ3v) is 4.44. The highest BCUT2D eigenvalue weighted by molar-refractivity contribution is 6.04. The lowest BCUT2D eigenvalue weighted by Crippen LogP contribution is -2.18. The summed E-state index contributed by atoms with van der Waals surface area (Å²) >= 11 is 0. The van der Waals surface area contributed by atoms with E-state index in [0.717, 1.165) is 18.7 Å². The molecule has 1 N–H and O–H groups in total. The number of carbonyl (C=O) groups is 1. The molecular formula is C20H24N2O. The summed E-state index contributed by atoms with van der Waals surface area (Å²) < 4.78 is 0. The minimum Gasteiger partial charge on any atom is -0.322 e. The Labute approximate surface area is 138 Å². The van der Waals surface area contributed by atoms with Crippen LogP contribution in [0.4, 0.5) is 5.69 Å². The van der Waals surface area contributed by atoms with Gasteiger partial charge < -0.3 is 5.32 Å². The van der Waals surface area contributed by atoms with Crippen LogP contribution in [0.15, 0.2) is 48.5 Å². The van der Waals surface area contributed by atoms with Crippen LogP contribution in [0.2, 0.25) is 0 Å². The Hall–Kier alpha value is -2.13. The average Bonchev–Trinajstić information content (AvgIpc) is 3.10. The lowest BCUT2D eigenvalue weighted by Gasteiger charge is -2.14. The molecule has 0 spiro atoms. The Balaban J connectivity index is 1.59. The molecule has 3 rings (SSSR count). The number of rotatable bonds is 5. The van der Waals surface area contributed by atoms with Crippen LogP contribution in [0.3, 0.4) is 0 Å². The Morgan fingerprint density at radius 3 is 2.17 bits per heavy atom. The molecule has 1 aliphatic rings. The van der Waals surface area contributed by atoms with E-state index in [1.807, 2.05) is 36.4 Å². The van der Waals surface area contributed by atoms with Gasteiger partial charge >= 0.3 is 0 Å². The fourth-order valence-electron chi connectivity index (χ4n) is 2.99. The molecule has 3 heteroatoms. The van der Waals surface area contributed by atoms with E-state index in [2.05, 4.69) is 29.3 Å². The standard InChI is InChI=1S/C20H24N2O/c1-2-16-5-9-18(10-6-16)20(23)21-19-11-7-17(8-12-19)15-22-13-3-4-14-22/h5-12H,2-4,13-15H2,1H3,(H,21,23). The maximum atomic E-state index is 12.3. The zero-order valence-corrected chi connectivity index (χ0v) is 13.7. The molecule has 1 saturated heterocycles. The highest BCUT2D eigenvalue weighted by atomic mass is 16.1. The molecule has 1 fully saturated rings. The third kappa shape index (κ3) is 4.20. The Morgan fingerprint density at radius 2 is 1.57 bits per heavy atom. The number of likely N-dealkylation sites (tertiary alicyclic amines) is 1. The maximum Gasteiger partial charge on any atom is 0.255 e. The van der Waals surface area contributed by atoms with Crippen molar-refractivity contribution in [3.63, 3.8) is 0 Å². The molecule has 0 atom stereocenters. The number of nitrogens with one attached hydrogen (secondary N) is 1. The number of aryl methyl sites for hydroxylation is 1. The highest BCUT2D eigenvalue weighted by Gasteiger charge is 2.11. The van der Waals surface area contributed by atoms with Gasteiger partial charge in [-0.25, -0.2) is 0 Å². The van der Waals surface area contributed by atoms with Crippen LogP contribution >= 0.6 is 0 Å². The lowest BCUT2D eigenvalue weighted by atomic mass is 10.1. The molecule has 0 unspecified atom stereocenters. The molecule has 23 heavy (non-hydrogen) atoms. The molecule has 0 aromatic heterocycles. The van der Waals surface area contributed by atoms with Gasteiger partial charge in [-0.15, -0.1) is 0 Å². The summed E-state index contributed by atoms with van der Waals surface area (Å²) in [6.45, 7) is 5.52. The van der Waals surface area contributed by atoms with Gasteiger partial charge in [-0.1, -0.05) is 31.2 Å². The zero-order chi connectivity index (χ0) is 16.1.